The van der Waals surface area contributed by atoms with E-state index in [0.717, 1.165) is 17.1 Å². The summed E-state index contributed by atoms with van der Waals surface area (Å²) in [6.45, 7) is 0.484. The van der Waals surface area contributed by atoms with E-state index in [0.29, 0.717) is 19.4 Å². The van der Waals surface area contributed by atoms with Crippen LogP contribution in [0.15, 0.2) is 83.6 Å². The fraction of sp³-hybridized carbons (Fsp3) is 0.280. The van der Waals surface area contributed by atoms with Crippen molar-refractivity contribution in [1.82, 2.24) is 0 Å². The molecule has 1 aliphatic rings. The van der Waals surface area contributed by atoms with Gasteiger partial charge in [-0.1, -0.05) is 36.4 Å². The van der Waals surface area contributed by atoms with Crippen molar-refractivity contribution in [1.29, 1.82) is 0 Å². The number of esters is 2. The van der Waals surface area contributed by atoms with Gasteiger partial charge in [-0.15, -0.1) is 0 Å². The molecule has 32 heavy (non-hydrogen) atoms. The molecule has 0 spiro atoms. The second-order valence-corrected chi connectivity index (χ2v) is 7.57. The number of para-hydroxylation sites is 2. The minimum absolute atomic E-state index is 0.177. The number of benzene rings is 2. The van der Waals surface area contributed by atoms with Crippen LogP contribution in [0.25, 0.3) is 0 Å². The van der Waals surface area contributed by atoms with Crippen LogP contribution in [0.5, 0.6) is 0 Å². The molecule has 0 bridgehead atoms. The number of methoxy groups -OCH3 is 2. The minimum Gasteiger partial charge on any atom is -0.466 e. The highest BCUT2D eigenvalue weighted by atomic mass is 16.5. The van der Waals surface area contributed by atoms with Gasteiger partial charge in [0.05, 0.1) is 30.9 Å². The van der Waals surface area contributed by atoms with E-state index in [1.807, 2.05) is 60.7 Å². The van der Waals surface area contributed by atoms with Crippen molar-refractivity contribution < 1.29 is 19.1 Å². The lowest BCUT2D eigenvalue weighted by Gasteiger charge is -2.41. The summed E-state index contributed by atoms with van der Waals surface area (Å²) in [5, 5.41) is 7.06. The molecule has 0 fully saturated rings. The molecular formula is C25H29N3O4. The molecule has 3 rings (SSSR count). The van der Waals surface area contributed by atoms with Gasteiger partial charge in [-0.3, -0.25) is 0 Å². The molecule has 0 saturated heterocycles. The Morgan fingerprint density at radius 3 is 2.09 bits per heavy atom. The van der Waals surface area contributed by atoms with Crippen molar-refractivity contribution in [2.45, 2.75) is 24.8 Å². The van der Waals surface area contributed by atoms with E-state index in [4.69, 9.17) is 15.2 Å². The van der Waals surface area contributed by atoms with Crippen LogP contribution in [0.4, 0.5) is 11.4 Å². The average molecular weight is 436 g/mol. The number of hydrogen-bond acceptors (Lipinski definition) is 7. The molecule has 1 unspecified atom stereocenters. The predicted octanol–water partition coefficient (Wildman–Crippen LogP) is 3.62. The molecule has 0 heterocycles. The summed E-state index contributed by atoms with van der Waals surface area (Å²) in [4.78, 5) is 25.3. The maximum absolute atomic E-state index is 12.7. The van der Waals surface area contributed by atoms with Gasteiger partial charge in [0.15, 0.2) is 0 Å². The molecule has 7 nitrogen and oxygen atoms in total. The standard InChI is InChI=1S/C25H29N3O4/c1-31-23(29)20-16-22(27-18-10-5-3-6-11-18)25(14-9-15-26,17-21(20)24(30)32-2)28-19-12-7-4-8-13-19/h3-8,10-13,16,27-28H,9,14-15,17,26H2,1-2H3. The lowest BCUT2D eigenvalue weighted by Crippen LogP contribution is -2.47. The Morgan fingerprint density at radius 1 is 0.938 bits per heavy atom. The van der Waals surface area contributed by atoms with Crippen LogP contribution in [-0.2, 0) is 19.1 Å². The molecule has 2 aromatic carbocycles. The normalized spacial score (nSPS) is 17.9. The maximum atomic E-state index is 12.7. The summed E-state index contributed by atoms with van der Waals surface area (Å²) in [5.74, 6) is -1.16. The summed E-state index contributed by atoms with van der Waals surface area (Å²) in [7, 11) is 2.60. The molecule has 0 radical (unpaired) electrons. The molecule has 2 aromatic rings. The third kappa shape index (κ3) is 5.18. The van der Waals surface area contributed by atoms with Gasteiger partial charge in [-0.05, 0) is 49.7 Å². The Bertz CT molecular complexity index is 1000. The Labute approximate surface area is 188 Å². The average Bonchev–Trinajstić information content (AvgIpc) is 2.84. The van der Waals surface area contributed by atoms with E-state index in [2.05, 4.69) is 10.6 Å². The van der Waals surface area contributed by atoms with Gasteiger partial charge in [-0.2, -0.15) is 0 Å². The molecule has 0 aromatic heterocycles. The number of nitrogens with one attached hydrogen (secondary N) is 2. The molecule has 168 valence electrons. The zero-order chi connectivity index (χ0) is 23.0. The highest BCUT2D eigenvalue weighted by molar-refractivity contribution is 6.03. The number of rotatable bonds is 9. The number of carbonyl (C=O) groups excluding carboxylic acids is 2. The Kier molecular flexibility index (Phi) is 7.68. The molecule has 0 aliphatic heterocycles. The number of nitrogens with two attached hydrogens (primary N) is 1. The number of ether oxygens (including phenoxy) is 2. The van der Waals surface area contributed by atoms with E-state index in [1.165, 1.54) is 14.2 Å². The van der Waals surface area contributed by atoms with Gasteiger partial charge in [0, 0.05) is 23.5 Å². The molecule has 0 amide bonds. The molecule has 0 saturated carbocycles. The first-order chi connectivity index (χ1) is 15.5. The van der Waals surface area contributed by atoms with Crippen molar-refractivity contribution in [2.24, 2.45) is 5.73 Å². The third-order valence-electron chi connectivity index (χ3n) is 5.46. The second kappa shape index (κ2) is 10.6. The lowest BCUT2D eigenvalue weighted by molar-refractivity contribution is -0.139. The predicted molar refractivity (Wildman–Crippen MR) is 125 cm³/mol. The van der Waals surface area contributed by atoms with Crippen LogP contribution in [-0.4, -0.2) is 38.2 Å². The van der Waals surface area contributed by atoms with Gasteiger partial charge >= 0.3 is 11.9 Å². The highest BCUT2D eigenvalue weighted by Gasteiger charge is 2.42. The van der Waals surface area contributed by atoms with E-state index in [1.54, 1.807) is 6.08 Å². The zero-order valence-electron chi connectivity index (χ0n) is 18.4. The van der Waals surface area contributed by atoms with Gasteiger partial charge in [0.1, 0.15) is 0 Å². The number of hydrogen-bond donors (Lipinski definition) is 3. The smallest absolute Gasteiger partial charge is 0.338 e. The zero-order valence-corrected chi connectivity index (χ0v) is 18.4. The number of carbonyl (C=O) groups is 2. The lowest BCUT2D eigenvalue weighted by atomic mass is 9.76. The van der Waals surface area contributed by atoms with E-state index in [9.17, 15) is 9.59 Å². The van der Waals surface area contributed by atoms with Crippen molar-refractivity contribution in [3.8, 4) is 0 Å². The first-order valence-corrected chi connectivity index (χ1v) is 10.5. The van der Waals surface area contributed by atoms with Crippen molar-refractivity contribution >= 4 is 23.3 Å². The largest absolute Gasteiger partial charge is 0.466 e. The fourth-order valence-corrected chi connectivity index (χ4v) is 3.89. The summed E-state index contributed by atoms with van der Waals surface area (Å²) in [5.41, 5.74) is 8.07. The second-order valence-electron chi connectivity index (χ2n) is 7.57. The van der Waals surface area contributed by atoms with E-state index in [-0.39, 0.29) is 17.6 Å². The number of anilines is 2. The van der Waals surface area contributed by atoms with Gasteiger partial charge in [0.25, 0.3) is 0 Å². The van der Waals surface area contributed by atoms with Gasteiger partial charge < -0.3 is 25.8 Å². The molecule has 1 aliphatic carbocycles. The maximum Gasteiger partial charge on any atom is 0.338 e. The summed E-state index contributed by atoms with van der Waals surface area (Å²) < 4.78 is 9.97. The van der Waals surface area contributed by atoms with Crippen molar-refractivity contribution in [3.05, 3.63) is 83.6 Å². The molecule has 1 atom stereocenters. The van der Waals surface area contributed by atoms with Crippen LogP contribution in [0.2, 0.25) is 0 Å². The quantitative estimate of drug-likeness (QED) is 0.517. The molecule has 7 heteroatoms. The van der Waals surface area contributed by atoms with Gasteiger partial charge in [0.2, 0.25) is 0 Å². The summed E-state index contributed by atoms with van der Waals surface area (Å²) in [6, 6.07) is 19.4. The van der Waals surface area contributed by atoms with Crippen LogP contribution in [0.3, 0.4) is 0 Å². The summed E-state index contributed by atoms with van der Waals surface area (Å²) in [6.07, 6.45) is 3.24. The molecule has 4 N–H and O–H groups in total. The van der Waals surface area contributed by atoms with Crippen molar-refractivity contribution in [3.63, 3.8) is 0 Å². The summed E-state index contributed by atoms with van der Waals surface area (Å²) >= 11 is 0. The monoisotopic (exact) mass is 435 g/mol. The van der Waals surface area contributed by atoms with Crippen molar-refractivity contribution in [2.75, 3.05) is 31.4 Å². The third-order valence-corrected chi connectivity index (χ3v) is 5.46. The van der Waals surface area contributed by atoms with Crippen LogP contribution in [0, 0.1) is 0 Å². The van der Waals surface area contributed by atoms with Crippen LogP contribution >= 0.6 is 0 Å². The Morgan fingerprint density at radius 2 is 1.53 bits per heavy atom. The fourth-order valence-electron chi connectivity index (χ4n) is 3.89. The van der Waals surface area contributed by atoms with Crippen LogP contribution < -0.4 is 16.4 Å². The van der Waals surface area contributed by atoms with E-state index >= 15 is 0 Å². The first-order valence-electron chi connectivity index (χ1n) is 10.5. The topological polar surface area (TPSA) is 103 Å². The Hall–Kier alpha value is -3.58. The highest BCUT2D eigenvalue weighted by Crippen LogP contribution is 2.40. The molecular weight excluding hydrogens is 406 g/mol. The van der Waals surface area contributed by atoms with Crippen LogP contribution in [0.1, 0.15) is 19.3 Å². The van der Waals surface area contributed by atoms with E-state index < -0.39 is 17.5 Å². The minimum atomic E-state index is -0.725. The SMILES string of the molecule is COC(=O)C1=C(C(=O)OC)CC(CCCN)(Nc2ccccc2)C(Nc2ccccc2)=C1. The van der Waals surface area contributed by atoms with Gasteiger partial charge in [-0.25, -0.2) is 9.59 Å². The Balaban J connectivity index is 2.16. The first kappa shape index (κ1) is 23.1.